The van der Waals surface area contributed by atoms with E-state index in [0.29, 0.717) is 30.1 Å². The molecule has 0 bridgehead atoms. The summed E-state index contributed by atoms with van der Waals surface area (Å²) in [6.07, 6.45) is 0.0567. The van der Waals surface area contributed by atoms with Crippen molar-refractivity contribution < 1.29 is 13.9 Å². The van der Waals surface area contributed by atoms with Crippen LogP contribution in [0.5, 0.6) is 5.75 Å². The summed E-state index contributed by atoms with van der Waals surface area (Å²) in [4.78, 5) is 11.7. The zero-order valence-electron chi connectivity index (χ0n) is 12.3. The Kier molecular flexibility index (Phi) is 3.94. The molecule has 0 aliphatic carbocycles. The first-order valence-corrected chi connectivity index (χ1v) is 7.14. The van der Waals surface area contributed by atoms with Gasteiger partial charge in [-0.2, -0.15) is 0 Å². The van der Waals surface area contributed by atoms with Crippen LogP contribution in [0.1, 0.15) is 11.1 Å². The Morgan fingerprint density at radius 1 is 1.33 bits per heavy atom. The lowest BCUT2D eigenvalue weighted by Crippen LogP contribution is -2.41. The molecule has 1 aliphatic rings. The Morgan fingerprint density at radius 3 is 2.95 bits per heavy atom. The molecular formula is C16H19NO4. The number of morpholine rings is 1. The maximum Gasteiger partial charge on any atom is 0.339 e. The van der Waals surface area contributed by atoms with Crippen LogP contribution in [0, 0.1) is 13.8 Å². The van der Waals surface area contributed by atoms with Crippen molar-refractivity contribution in [2.75, 3.05) is 26.3 Å². The lowest BCUT2D eigenvalue weighted by Gasteiger charge is -2.23. The average molecular weight is 289 g/mol. The Balaban J connectivity index is 1.80. The first-order chi connectivity index (χ1) is 10.1. The predicted molar refractivity (Wildman–Crippen MR) is 80.1 cm³/mol. The summed E-state index contributed by atoms with van der Waals surface area (Å²) in [5, 5.41) is 4.20. The van der Waals surface area contributed by atoms with Crippen molar-refractivity contribution in [1.82, 2.24) is 5.32 Å². The number of nitrogens with one attached hydrogen (secondary N) is 1. The summed E-state index contributed by atoms with van der Waals surface area (Å²) in [7, 11) is 0. The van der Waals surface area contributed by atoms with Crippen LogP contribution in [0.4, 0.5) is 0 Å². The van der Waals surface area contributed by atoms with Crippen molar-refractivity contribution in [3.63, 3.8) is 0 Å². The zero-order valence-corrected chi connectivity index (χ0v) is 12.3. The number of ether oxygens (including phenoxy) is 2. The monoisotopic (exact) mass is 289 g/mol. The molecule has 0 unspecified atom stereocenters. The normalized spacial score (nSPS) is 18.9. The quantitative estimate of drug-likeness (QED) is 0.873. The number of fused-ring (bicyclic) bond motifs is 1. The van der Waals surface area contributed by atoms with Gasteiger partial charge in [-0.3, -0.25) is 0 Å². The van der Waals surface area contributed by atoms with E-state index in [2.05, 4.69) is 5.32 Å². The SMILES string of the molecule is Cc1c(C)c2ccc(OC[C@@H]3CNCCO3)cc2oc1=O. The minimum absolute atomic E-state index is 0.0567. The largest absolute Gasteiger partial charge is 0.491 e. The third-order valence-corrected chi connectivity index (χ3v) is 3.87. The van der Waals surface area contributed by atoms with E-state index in [4.69, 9.17) is 13.9 Å². The molecule has 1 fully saturated rings. The van der Waals surface area contributed by atoms with Crippen LogP contribution in [0.3, 0.4) is 0 Å². The molecule has 1 atom stereocenters. The molecule has 5 heteroatoms. The van der Waals surface area contributed by atoms with Crippen molar-refractivity contribution in [2.45, 2.75) is 20.0 Å². The van der Waals surface area contributed by atoms with Crippen LogP contribution in [0.15, 0.2) is 27.4 Å². The standard InChI is InChI=1S/C16H19NO4/c1-10-11(2)16(18)21-15-7-12(3-4-14(10)15)20-9-13-8-17-5-6-19-13/h3-4,7,13,17H,5-6,8-9H2,1-2H3/t13-/m0/s1. The minimum atomic E-state index is -0.294. The highest BCUT2D eigenvalue weighted by molar-refractivity contribution is 5.82. The highest BCUT2D eigenvalue weighted by atomic mass is 16.5. The topological polar surface area (TPSA) is 60.7 Å². The molecule has 0 saturated carbocycles. The van der Waals surface area contributed by atoms with Crippen LogP contribution in [-0.2, 0) is 4.74 Å². The first kappa shape index (κ1) is 14.1. The molecule has 1 aromatic carbocycles. The molecule has 112 valence electrons. The average Bonchev–Trinajstić information content (AvgIpc) is 2.51. The van der Waals surface area contributed by atoms with E-state index in [1.165, 1.54) is 0 Å². The van der Waals surface area contributed by atoms with Gasteiger partial charge in [0.25, 0.3) is 0 Å². The van der Waals surface area contributed by atoms with Crippen LogP contribution < -0.4 is 15.7 Å². The molecule has 5 nitrogen and oxygen atoms in total. The van der Waals surface area contributed by atoms with Crippen molar-refractivity contribution in [3.8, 4) is 5.75 Å². The van der Waals surface area contributed by atoms with Crippen molar-refractivity contribution in [2.24, 2.45) is 0 Å². The number of hydrogen-bond acceptors (Lipinski definition) is 5. The molecule has 0 radical (unpaired) electrons. The fourth-order valence-corrected chi connectivity index (χ4v) is 2.43. The minimum Gasteiger partial charge on any atom is -0.491 e. The third-order valence-electron chi connectivity index (χ3n) is 3.87. The second-order valence-corrected chi connectivity index (χ2v) is 5.31. The molecule has 1 aliphatic heterocycles. The number of aryl methyl sites for hydroxylation is 1. The molecule has 0 spiro atoms. The Hall–Kier alpha value is -1.85. The van der Waals surface area contributed by atoms with Gasteiger partial charge in [0.2, 0.25) is 0 Å². The molecule has 2 heterocycles. The van der Waals surface area contributed by atoms with Gasteiger partial charge in [0.05, 0.1) is 6.61 Å². The van der Waals surface area contributed by atoms with E-state index in [1.807, 2.05) is 19.1 Å². The van der Waals surface area contributed by atoms with Gasteiger partial charge in [-0.25, -0.2) is 4.79 Å². The Labute approximate surface area is 122 Å². The highest BCUT2D eigenvalue weighted by Crippen LogP contribution is 2.24. The number of hydrogen-bond donors (Lipinski definition) is 1. The number of benzene rings is 1. The third kappa shape index (κ3) is 2.94. The second-order valence-electron chi connectivity index (χ2n) is 5.31. The fraction of sp³-hybridized carbons (Fsp3) is 0.438. The maximum absolute atomic E-state index is 11.7. The first-order valence-electron chi connectivity index (χ1n) is 7.14. The van der Waals surface area contributed by atoms with E-state index >= 15 is 0 Å². The van der Waals surface area contributed by atoms with E-state index < -0.39 is 0 Å². The molecule has 21 heavy (non-hydrogen) atoms. The van der Waals surface area contributed by atoms with Gasteiger partial charge < -0.3 is 19.2 Å². The molecule has 1 saturated heterocycles. The summed E-state index contributed by atoms with van der Waals surface area (Å²) in [6.45, 7) is 6.57. The van der Waals surface area contributed by atoms with E-state index in [1.54, 1.807) is 13.0 Å². The van der Waals surface area contributed by atoms with Gasteiger partial charge in [0.15, 0.2) is 0 Å². The van der Waals surface area contributed by atoms with Gasteiger partial charge in [0.1, 0.15) is 24.0 Å². The van der Waals surface area contributed by atoms with Crippen LogP contribution >= 0.6 is 0 Å². The molecular weight excluding hydrogens is 270 g/mol. The summed E-state index contributed by atoms with van der Waals surface area (Å²) in [5.41, 5.74) is 1.87. The smallest absolute Gasteiger partial charge is 0.339 e. The zero-order chi connectivity index (χ0) is 14.8. The molecule has 3 rings (SSSR count). The Morgan fingerprint density at radius 2 is 2.19 bits per heavy atom. The van der Waals surface area contributed by atoms with Gasteiger partial charge in [-0.15, -0.1) is 0 Å². The van der Waals surface area contributed by atoms with Gasteiger partial charge in [0, 0.05) is 30.1 Å². The molecule has 0 amide bonds. The lowest BCUT2D eigenvalue weighted by molar-refractivity contribution is 0.000206. The van der Waals surface area contributed by atoms with E-state index in [-0.39, 0.29) is 11.7 Å². The van der Waals surface area contributed by atoms with Crippen molar-refractivity contribution in [1.29, 1.82) is 0 Å². The molecule has 1 aromatic heterocycles. The second kappa shape index (κ2) is 5.87. The summed E-state index contributed by atoms with van der Waals surface area (Å²) in [5.74, 6) is 0.683. The van der Waals surface area contributed by atoms with Gasteiger partial charge in [-0.05, 0) is 31.5 Å². The van der Waals surface area contributed by atoms with E-state index in [0.717, 1.165) is 24.0 Å². The van der Waals surface area contributed by atoms with E-state index in [9.17, 15) is 4.79 Å². The maximum atomic E-state index is 11.7. The van der Waals surface area contributed by atoms with Crippen molar-refractivity contribution >= 4 is 11.0 Å². The molecule has 1 N–H and O–H groups in total. The summed E-state index contributed by atoms with van der Waals surface area (Å²) >= 11 is 0. The Bertz CT molecular complexity index is 701. The van der Waals surface area contributed by atoms with Crippen molar-refractivity contribution in [3.05, 3.63) is 39.7 Å². The van der Waals surface area contributed by atoms with Crippen LogP contribution in [-0.4, -0.2) is 32.4 Å². The van der Waals surface area contributed by atoms with Gasteiger partial charge >= 0.3 is 5.63 Å². The molecule has 2 aromatic rings. The van der Waals surface area contributed by atoms with Crippen LogP contribution in [0.2, 0.25) is 0 Å². The van der Waals surface area contributed by atoms with Gasteiger partial charge in [-0.1, -0.05) is 0 Å². The fourth-order valence-electron chi connectivity index (χ4n) is 2.43. The van der Waals surface area contributed by atoms with Crippen LogP contribution in [0.25, 0.3) is 11.0 Å². The lowest BCUT2D eigenvalue weighted by atomic mass is 10.1. The number of rotatable bonds is 3. The summed E-state index contributed by atoms with van der Waals surface area (Å²) in [6, 6.07) is 5.58. The predicted octanol–water partition coefficient (Wildman–Crippen LogP) is 1.78. The highest BCUT2D eigenvalue weighted by Gasteiger charge is 2.14. The summed E-state index contributed by atoms with van der Waals surface area (Å²) < 4.78 is 16.6.